The molecule has 1 aliphatic rings. The number of hydrogen-bond donors (Lipinski definition) is 1. The molecule has 1 fully saturated rings. The van der Waals surface area contributed by atoms with Crippen molar-refractivity contribution >= 4 is 0 Å². The summed E-state index contributed by atoms with van der Waals surface area (Å²) in [5.41, 5.74) is 1.19. The zero-order valence-electron chi connectivity index (χ0n) is 9.52. The van der Waals surface area contributed by atoms with Crippen LogP contribution in [0.4, 0.5) is 0 Å². The maximum Gasteiger partial charge on any atom is 0.147 e. The summed E-state index contributed by atoms with van der Waals surface area (Å²) in [4.78, 5) is 0. The molecule has 0 saturated carbocycles. The van der Waals surface area contributed by atoms with E-state index in [1.54, 1.807) is 0 Å². The summed E-state index contributed by atoms with van der Waals surface area (Å²) in [5, 5.41) is 3.32. The lowest BCUT2D eigenvalue weighted by Gasteiger charge is -2.09. The van der Waals surface area contributed by atoms with Crippen molar-refractivity contribution in [2.75, 3.05) is 26.5 Å². The second-order valence-corrected chi connectivity index (χ2v) is 4.18. The van der Waals surface area contributed by atoms with Crippen molar-refractivity contribution in [3.05, 3.63) is 35.9 Å². The van der Waals surface area contributed by atoms with Crippen LogP contribution in [0.5, 0.6) is 0 Å². The van der Waals surface area contributed by atoms with Crippen LogP contribution >= 0.6 is 0 Å². The molecule has 0 spiro atoms. The van der Waals surface area contributed by atoms with Gasteiger partial charge in [-0.2, -0.15) is 0 Å². The van der Waals surface area contributed by atoms with Gasteiger partial charge >= 0.3 is 0 Å². The van der Waals surface area contributed by atoms with Crippen molar-refractivity contribution in [2.24, 2.45) is 5.92 Å². The Kier molecular flexibility index (Phi) is 4.80. The lowest BCUT2D eigenvalue weighted by atomic mass is 10.1. The van der Waals surface area contributed by atoms with Gasteiger partial charge in [0, 0.05) is 6.54 Å². The lowest BCUT2D eigenvalue weighted by molar-refractivity contribution is -0.0700. The normalized spacial score (nSPS) is 20.1. The van der Waals surface area contributed by atoms with Crippen molar-refractivity contribution in [1.29, 1.82) is 0 Å². The number of ether oxygens (including phenoxy) is 2. The second-order valence-electron chi connectivity index (χ2n) is 4.18. The first-order valence-electron chi connectivity index (χ1n) is 5.85. The average molecular weight is 221 g/mol. The molecule has 1 aromatic rings. The highest BCUT2D eigenvalue weighted by molar-refractivity contribution is 5.13. The Hall–Kier alpha value is -0.900. The van der Waals surface area contributed by atoms with E-state index in [1.165, 1.54) is 12.0 Å². The highest BCUT2D eigenvalue weighted by atomic mass is 16.7. The number of nitrogens with one attached hydrogen (secondary N) is 1. The van der Waals surface area contributed by atoms with Gasteiger partial charge in [-0.1, -0.05) is 30.3 Å². The summed E-state index contributed by atoms with van der Waals surface area (Å²) in [6, 6.07) is 10.2. The summed E-state index contributed by atoms with van der Waals surface area (Å²) in [7, 11) is 0. The fraction of sp³-hybridized carbons (Fsp3) is 0.538. The van der Waals surface area contributed by atoms with E-state index in [0.717, 1.165) is 19.7 Å². The maximum absolute atomic E-state index is 5.48. The van der Waals surface area contributed by atoms with E-state index in [4.69, 9.17) is 9.47 Å². The van der Waals surface area contributed by atoms with Gasteiger partial charge in [0.05, 0.1) is 13.2 Å². The smallest absolute Gasteiger partial charge is 0.147 e. The molecule has 3 heteroatoms. The second kappa shape index (κ2) is 6.63. The van der Waals surface area contributed by atoms with Gasteiger partial charge in [-0.05, 0) is 24.4 Å². The summed E-state index contributed by atoms with van der Waals surface area (Å²) in [6.07, 6.45) is 1.22. The van der Waals surface area contributed by atoms with Gasteiger partial charge in [0.25, 0.3) is 0 Å². The first-order chi connectivity index (χ1) is 7.95. The Bertz CT molecular complexity index is 283. The average Bonchev–Trinajstić information content (AvgIpc) is 2.83. The SMILES string of the molecule is c1ccc(COCOCC2CCNC2)cc1. The largest absolute Gasteiger partial charge is 0.355 e. The van der Waals surface area contributed by atoms with Crippen LogP contribution in [0.1, 0.15) is 12.0 Å². The Morgan fingerprint density at radius 3 is 2.81 bits per heavy atom. The lowest BCUT2D eigenvalue weighted by Crippen LogP contribution is -2.14. The summed E-state index contributed by atoms with van der Waals surface area (Å²) in [6.45, 7) is 4.04. The number of hydrogen-bond acceptors (Lipinski definition) is 3. The minimum absolute atomic E-state index is 0.394. The molecular formula is C13H19NO2. The highest BCUT2D eigenvalue weighted by Gasteiger charge is 2.13. The van der Waals surface area contributed by atoms with Gasteiger partial charge in [-0.3, -0.25) is 0 Å². The Morgan fingerprint density at radius 1 is 1.19 bits per heavy atom. The minimum atomic E-state index is 0.394. The van der Waals surface area contributed by atoms with Gasteiger partial charge in [-0.15, -0.1) is 0 Å². The van der Waals surface area contributed by atoms with Crippen LogP contribution in [-0.4, -0.2) is 26.5 Å². The van der Waals surface area contributed by atoms with Crippen LogP contribution in [0.15, 0.2) is 30.3 Å². The Labute approximate surface area is 96.8 Å². The fourth-order valence-electron chi connectivity index (χ4n) is 1.86. The quantitative estimate of drug-likeness (QED) is 0.587. The van der Waals surface area contributed by atoms with Crippen molar-refractivity contribution in [2.45, 2.75) is 13.0 Å². The molecule has 1 atom stereocenters. The standard InChI is InChI=1S/C13H19NO2/c1-2-4-12(5-3-1)9-15-11-16-10-13-6-7-14-8-13/h1-5,13-14H,6-11H2. The van der Waals surface area contributed by atoms with E-state index in [0.29, 0.717) is 19.3 Å². The monoisotopic (exact) mass is 221 g/mol. The molecule has 0 aliphatic carbocycles. The molecule has 1 unspecified atom stereocenters. The van der Waals surface area contributed by atoms with Crippen molar-refractivity contribution in [3.8, 4) is 0 Å². The zero-order valence-corrected chi connectivity index (χ0v) is 9.52. The van der Waals surface area contributed by atoms with Crippen LogP contribution in [0, 0.1) is 5.92 Å². The van der Waals surface area contributed by atoms with Crippen LogP contribution in [0.2, 0.25) is 0 Å². The van der Waals surface area contributed by atoms with E-state index in [-0.39, 0.29) is 0 Å². The molecule has 0 amide bonds. The van der Waals surface area contributed by atoms with Crippen LogP contribution in [-0.2, 0) is 16.1 Å². The minimum Gasteiger partial charge on any atom is -0.355 e. The molecule has 0 bridgehead atoms. The van der Waals surface area contributed by atoms with E-state index < -0.39 is 0 Å². The van der Waals surface area contributed by atoms with Crippen LogP contribution < -0.4 is 5.32 Å². The van der Waals surface area contributed by atoms with E-state index in [9.17, 15) is 0 Å². The molecule has 1 saturated heterocycles. The molecule has 0 aromatic heterocycles. The predicted molar refractivity (Wildman–Crippen MR) is 63.0 cm³/mol. The van der Waals surface area contributed by atoms with Crippen LogP contribution in [0.3, 0.4) is 0 Å². The number of benzene rings is 1. The fourth-order valence-corrected chi connectivity index (χ4v) is 1.86. The predicted octanol–water partition coefficient (Wildman–Crippen LogP) is 1.79. The zero-order chi connectivity index (χ0) is 11.1. The van der Waals surface area contributed by atoms with Gasteiger partial charge in [-0.25, -0.2) is 0 Å². The molecular weight excluding hydrogens is 202 g/mol. The summed E-state index contributed by atoms with van der Waals surface area (Å²) >= 11 is 0. The van der Waals surface area contributed by atoms with Crippen molar-refractivity contribution < 1.29 is 9.47 Å². The molecule has 88 valence electrons. The summed E-state index contributed by atoms with van der Waals surface area (Å²) < 4.78 is 10.9. The third-order valence-electron chi connectivity index (χ3n) is 2.79. The Morgan fingerprint density at radius 2 is 2.06 bits per heavy atom. The number of rotatable bonds is 6. The third kappa shape index (κ3) is 3.93. The first kappa shape index (κ1) is 11.6. The van der Waals surface area contributed by atoms with E-state index >= 15 is 0 Å². The maximum atomic E-state index is 5.48. The molecule has 3 nitrogen and oxygen atoms in total. The van der Waals surface area contributed by atoms with Crippen LogP contribution in [0.25, 0.3) is 0 Å². The van der Waals surface area contributed by atoms with E-state index in [1.807, 2.05) is 18.2 Å². The molecule has 1 heterocycles. The van der Waals surface area contributed by atoms with Crippen molar-refractivity contribution in [3.63, 3.8) is 0 Å². The summed E-state index contributed by atoms with van der Waals surface area (Å²) in [5.74, 6) is 0.667. The third-order valence-corrected chi connectivity index (χ3v) is 2.79. The first-order valence-corrected chi connectivity index (χ1v) is 5.85. The van der Waals surface area contributed by atoms with Gasteiger partial charge in [0.1, 0.15) is 6.79 Å². The highest BCUT2D eigenvalue weighted by Crippen LogP contribution is 2.07. The molecule has 1 aromatic carbocycles. The van der Waals surface area contributed by atoms with Gasteiger partial charge in [0.15, 0.2) is 0 Å². The topological polar surface area (TPSA) is 30.5 Å². The van der Waals surface area contributed by atoms with Crippen molar-refractivity contribution in [1.82, 2.24) is 5.32 Å². The molecule has 1 N–H and O–H groups in total. The molecule has 16 heavy (non-hydrogen) atoms. The Balaban J connectivity index is 1.52. The molecule has 0 radical (unpaired) electrons. The molecule has 2 rings (SSSR count). The van der Waals surface area contributed by atoms with Gasteiger partial charge < -0.3 is 14.8 Å². The molecule has 1 aliphatic heterocycles. The van der Waals surface area contributed by atoms with E-state index in [2.05, 4.69) is 17.4 Å². The van der Waals surface area contributed by atoms with Gasteiger partial charge in [0.2, 0.25) is 0 Å².